The quantitative estimate of drug-likeness (QED) is 0.861. The molecule has 0 spiro atoms. The molecular formula is C21H24ClN3O2. The average Bonchev–Trinajstić information content (AvgIpc) is 2.68. The monoisotopic (exact) mass is 385 g/mol. The molecule has 3 rings (SSSR count). The number of carbonyl (C=O) groups excluding carboxylic acids is 2. The molecule has 2 amide bonds. The summed E-state index contributed by atoms with van der Waals surface area (Å²) in [5.41, 5.74) is 2.66. The summed E-state index contributed by atoms with van der Waals surface area (Å²) in [5.74, 6) is -0.192. The first-order valence-corrected chi connectivity index (χ1v) is 9.49. The fourth-order valence-electron chi connectivity index (χ4n) is 3.18. The second-order valence-electron chi connectivity index (χ2n) is 6.79. The van der Waals surface area contributed by atoms with Crippen molar-refractivity contribution in [2.24, 2.45) is 0 Å². The molecule has 0 bridgehead atoms. The minimum Gasteiger partial charge on any atom is -0.339 e. The number of carbonyl (C=O) groups is 2. The summed E-state index contributed by atoms with van der Waals surface area (Å²) < 4.78 is 0. The first-order valence-electron chi connectivity index (χ1n) is 9.12. The number of halogens is 1. The van der Waals surface area contributed by atoms with E-state index < -0.39 is 0 Å². The summed E-state index contributed by atoms with van der Waals surface area (Å²) >= 11 is 5.94. The third-order valence-electron chi connectivity index (χ3n) is 4.63. The van der Waals surface area contributed by atoms with Gasteiger partial charge in [-0.3, -0.25) is 9.59 Å². The maximum absolute atomic E-state index is 13.1. The summed E-state index contributed by atoms with van der Waals surface area (Å²) in [5, 5.41) is 3.81. The molecule has 1 saturated heterocycles. The number of aryl methyl sites for hydroxylation is 1. The average molecular weight is 386 g/mol. The highest BCUT2D eigenvalue weighted by atomic mass is 35.5. The molecule has 0 aliphatic carbocycles. The van der Waals surface area contributed by atoms with Crippen LogP contribution in [0.25, 0.3) is 0 Å². The highest BCUT2D eigenvalue weighted by Crippen LogP contribution is 2.15. The van der Waals surface area contributed by atoms with Gasteiger partial charge in [-0.15, -0.1) is 0 Å². The number of nitrogens with one attached hydrogen (secondary N) is 1. The summed E-state index contributed by atoms with van der Waals surface area (Å²) in [7, 11) is 0. The number of rotatable bonds is 5. The van der Waals surface area contributed by atoms with E-state index in [0.717, 1.165) is 24.2 Å². The van der Waals surface area contributed by atoms with Crippen LogP contribution in [0.5, 0.6) is 0 Å². The standard InChI is InChI=1S/C21H24ClN3O2/c1-16-3-2-4-17(13-16)14-25(15-20(26)24-11-9-23-10-12-24)21(27)18-5-7-19(22)8-6-18/h2-8,13,23H,9-12,14-15H2,1H3. The molecule has 0 unspecified atom stereocenters. The van der Waals surface area contributed by atoms with Gasteiger partial charge in [-0.25, -0.2) is 0 Å². The van der Waals surface area contributed by atoms with E-state index in [1.165, 1.54) is 0 Å². The van der Waals surface area contributed by atoms with Gasteiger partial charge in [-0.2, -0.15) is 0 Å². The number of nitrogens with zero attached hydrogens (tertiary/aromatic N) is 2. The lowest BCUT2D eigenvalue weighted by atomic mass is 10.1. The van der Waals surface area contributed by atoms with Crippen LogP contribution >= 0.6 is 11.6 Å². The van der Waals surface area contributed by atoms with E-state index in [9.17, 15) is 9.59 Å². The van der Waals surface area contributed by atoms with Gasteiger partial charge in [0, 0.05) is 43.3 Å². The highest BCUT2D eigenvalue weighted by Gasteiger charge is 2.23. The molecule has 1 aliphatic heterocycles. The Morgan fingerprint density at radius 2 is 1.81 bits per heavy atom. The fraction of sp³-hybridized carbons (Fsp3) is 0.333. The molecule has 1 heterocycles. The zero-order valence-corrected chi connectivity index (χ0v) is 16.2. The molecule has 6 heteroatoms. The third kappa shape index (κ3) is 5.31. The van der Waals surface area contributed by atoms with Gasteiger partial charge in [0.25, 0.3) is 5.91 Å². The lowest BCUT2D eigenvalue weighted by Gasteiger charge is -2.30. The maximum atomic E-state index is 13.1. The van der Waals surface area contributed by atoms with Crippen LogP contribution in [0.1, 0.15) is 21.5 Å². The van der Waals surface area contributed by atoms with E-state index >= 15 is 0 Å². The van der Waals surface area contributed by atoms with Gasteiger partial charge in [0.15, 0.2) is 0 Å². The summed E-state index contributed by atoms with van der Waals surface area (Å²) in [6.07, 6.45) is 0. The first kappa shape index (κ1) is 19.4. The van der Waals surface area contributed by atoms with Crippen LogP contribution in [0.3, 0.4) is 0 Å². The van der Waals surface area contributed by atoms with E-state index in [2.05, 4.69) is 5.32 Å². The Balaban J connectivity index is 1.79. The summed E-state index contributed by atoms with van der Waals surface area (Å²) in [4.78, 5) is 29.2. The molecule has 5 nitrogen and oxygen atoms in total. The smallest absolute Gasteiger partial charge is 0.254 e. The predicted molar refractivity (Wildman–Crippen MR) is 107 cm³/mol. The Morgan fingerprint density at radius 1 is 1.11 bits per heavy atom. The van der Waals surface area contributed by atoms with Gasteiger partial charge < -0.3 is 15.1 Å². The van der Waals surface area contributed by atoms with Crippen molar-refractivity contribution in [3.63, 3.8) is 0 Å². The number of hydrogen-bond donors (Lipinski definition) is 1. The van der Waals surface area contributed by atoms with Crippen LogP contribution in [0.15, 0.2) is 48.5 Å². The molecule has 27 heavy (non-hydrogen) atoms. The van der Waals surface area contributed by atoms with Crippen molar-refractivity contribution >= 4 is 23.4 Å². The van der Waals surface area contributed by atoms with Crippen LogP contribution in [0.2, 0.25) is 5.02 Å². The summed E-state index contributed by atoms with van der Waals surface area (Å²) in [6, 6.07) is 14.8. The van der Waals surface area contributed by atoms with E-state index in [1.54, 1.807) is 29.2 Å². The van der Waals surface area contributed by atoms with Gasteiger partial charge in [-0.1, -0.05) is 41.4 Å². The minimum absolute atomic E-state index is 0.0218. The van der Waals surface area contributed by atoms with Gasteiger partial charge in [0.1, 0.15) is 6.54 Å². The van der Waals surface area contributed by atoms with Crippen LogP contribution in [-0.4, -0.2) is 54.3 Å². The number of amides is 2. The molecule has 1 aliphatic rings. The Hall–Kier alpha value is -2.37. The normalized spacial score (nSPS) is 14.1. The van der Waals surface area contributed by atoms with Crippen molar-refractivity contribution in [2.75, 3.05) is 32.7 Å². The topological polar surface area (TPSA) is 52.7 Å². The molecule has 142 valence electrons. The van der Waals surface area contributed by atoms with Gasteiger partial charge in [0.05, 0.1) is 0 Å². The van der Waals surface area contributed by atoms with Crippen molar-refractivity contribution in [1.82, 2.24) is 15.1 Å². The van der Waals surface area contributed by atoms with Gasteiger partial charge in [-0.05, 0) is 36.8 Å². The zero-order chi connectivity index (χ0) is 19.2. The third-order valence-corrected chi connectivity index (χ3v) is 4.88. The Kier molecular flexibility index (Phi) is 6.48. The first-order chi connectivity index (χ1) is 13.0. The van der Waals surface area contributed by atoms with Crippen LogP contribution in [-0.2, 0) is 11.3 Å². The summed E-state index contributed by atoms with van der Waals surface area (Å²) in [6.45, 7) is 5.39. The Morgan fingerprint density at radius 3 is 2.48 bits per heavy atom. The van der Waals surface area contributed by atoms with Crippen LogP contribution < -0.4 is 5.32 Å². The van der Waals surface area contributed by atoms with Gasteiger partial charge >= 0.3 is 0 Å². The molecular weight excluding hydrogens is 362 g/mol. The van der Waals surface area contributed by atoms with E-state index in [-0.39, 0.29) is 18.4 Å². The molecule has 0 saturated carbocycles. The Bertz CT molecular complexity index is 801. The van der Waals surface area contributed by atoms with Crippen molar-refractivity contribution < 1.29 is 9.59 Å². The minimum atomic E-state index is -0.170. The molecule has 1 fully saturated rings. The lowest BCUT2D eigenvalue weighted by Crippen LogP contribution is -2.50. The second-order valence-corrected chi connectivity index (χ2v) is 7.22. The zero-order valence-electron chi connectivity index (χ0n) is 15.5. The molecule has 0 aromatic heterocycles. The fourth-order valence-corrected chi connectivity index (χ4v) is 3.31. The molecule has 2 aromatic rings. The van der Waals surface area contributed by atoms with E-state index in [1.807, 2.05) is 36.1 Å². The largest absolute Gasteiger partial charge is 0.339 e. The molecule has 1 N–H and O–H groups in total. The van der Waals surface area contributed by atoms with Crippen LogP contribution in [0.4, 0.5) is 0 Å². The van der Waals surface area contributed by atoms with E-state index in [4.69, 9.17) is 11.6 Å². The molecule has 0 atom stereocenters. The van der Waals surface area contributed by atoms with Crippen molar-refractivity contribution in [2.45, 2.75) is 13.5 Å². The van der Waals surface area contributed by atoms with Crippen molar-refractivity contribution in [3.05, 3.63) is 70.2 Å². The second kappa shape index (κ2) is 9.02. The van der Waals surface area contributed by atoms with Crippen molar-refractivity contribution in [3.8, 4) is 0 Å². The molecule has 2 aromatic carbocycles. The van der Waals surface area contributed by atoms with Crippen LogP contribution in [0, 0.1) is 6.92 Å². The predicted octanol–water partition coefficient (Wildman–Crippen LogP) is 2.72. The number of hydrogen-bond acceptors (Lipinski definition) is 3. The van der Waals surface area contributed by atoms with Crippen molar-refractivity contribution in [1.29, 1.82) is 0 Å². The van der Waals surface area contributed by atoms with Gasteiger partial charge in [0.2, 0.25) is 5.91 Å². The number of piperazine rings is 1. The highest BCUT2D eigenvalue weighted by molar-refractivity contribution is 6.30. The lowest BCUT2D eigenvalue weighted by molar-refractivity contribution is -0.132. The number of benzene rings is 2. The maximum Gasteiger partial charge on any atom is 0.254 e. The van der Waals surface area contributed by atoms with E-state index in [0.29, 0.717) is 30.2 Å². The Labute approximate surface area is 164 Å². The SMILES string of the molecule is Cc1cccc(CN(CC(=O)N2CCNCC2)C(=O)c2ccc(Cl)cc2)c1. The molecule has 0 radical (unpaired) electrons.